The topological polar surface area (TPSA) is 59.1 Å². The first kappa shape index (κ1) is 14.4. The SMILES string of the molecule is O=C(C1=COCCC1)N1CCN(C(=O)[C@H]2CCCO2)CC1. The zero-order valence-corrected chi connectivity index (χ0v) is 12.3. The predicted octanol–water partition coefficient (Wildman–Crippen LogP) is 0.530. The zero-order valence-electron chi connectivity index (χ0n) is 12.3. The molecular weight excluding hydrogens is 272 g/mol. The molecule has 0 aromatic heterocycles. The number of amides is 2. The first-order valence-corrected chi connectivity index (χ1v) is 7.76. The van der Waals surface area contributed by atoms with E-state index in [0.29, 0.717) is 39.4 Å². The minimum Gasteiger partial charge on any atom is -0.501 e. The Morgan fingerprint density at radius 2 is 1.81 bits per heavy atom. The third kappa shape index (κ3) is 3.20. The summed E-state index contributed by atoms with van der Waals surface area (Å²) in [4.78, 5) is 28.2. The molecule has 2 fully saturated rings. The molecule has 1 atom stereocenters. The van der Waals surface area contributed by atoms with Crippen LogP contribution in [-0.2, 0) is 19.1 Å². The van der Waals surface area contributed by atoms with E-state index in [4.69, 9.17) is 9.47 Å². The summed E-state index contributed by atoms with van der Waals surface area (Å²) in [5, 5.41) is 0. The van der Waals surface area contributed by atoms with Gasteiger partial charge in [-0.05, 0) is 25.7 Å². The second-order valence-corrected chi connectivity index (χ2v) is 5.74. The van der Waals surface area contributed by atoms with Crippen molar-refractivity contribution < 1.29 is 19.1 Å². The van der Waals surface area contributed by atoms with Crippen LogP contribution in [0.5, 0.6) is 0 Å². The van der Waals surface area contributed by atoms with E-state index < -0.39 is 0 Å². The van der Waals surface area contributed by atoms with Gasteiger partial charge in [0, 0.05) is 32.8 Å². The van der Waals surface area contributed by atoms with Gasteiger partial charge in [-0.25, -0.2) is 0 Å². The quantitative estimate of drug-likeness (QED) is 0.745. The van der Waals surface area contributed by atoms with Gasteiger partial charge >= 0.3 is 0 Å². The third-order valence-electron chi connectivity index (χ3n) is 4.29. The number of ether oxygens (including phenoxy) is 2. The average Bonchev–Trinajstić information content (AvgIpc) is 3.09. The van der Waals surface area contributed by atoms with Crippen LogP contribution in [0.15, 0.2) is 11.8 Å². The van der Waals surface area contributed by atoms with Crippen molar-refractivity contribution in [1.82, 2.24) is 9.80 Å². The van der Waals surface area contributed by atoms with E-state index in [1.54, 1.807) is 6.26 Å². The van der Waals surface area contributed by atoms with E-state index in [2.05, 4.69) is 0 Å². The Labute approximate surface area is 124 Å². The second kappa shape index (κ2) is 6.47. The van der Waals surface area contributed by atoms with E-state index in [1.165, 1.54) is 0 Å². The van der Waals surface area contributed by atoms with Crippen LogP contribution >= 0.6 is 0 Å². The van der Waals surface area contributed by atoms with Crippen molar-refractivity contribution in [2.75, 3.05) is 39.4 Å². The zero-order chi connectivity index (χ0) is 14.7. The molecule has 6 heteroatoms. The average molecular weight is 294 g/mol. The summed E-state index contributed by atoms with van der Waals surface area (Å²) in [7, 11) is 0. The van der Waals surface area contributed by atoms with Gasteiger partial charge in [-0.15, -0.1) is 0 Å². The van der Waals surface area contributed by atoms with Gasteiger partial charge in [-0.1, -0.05) is 0 Å². The van der Waals surface area contributed by atoms with E-state index >= 15 is 0 Å². The highest BCUT2D eigenvalue weighted by atomic mass is 16.5. The summed E-state index contributed by atoms with van der Waals surface area (Å²) in [6.07, 6.45) is 4.80. The molecule has 3 aliphatic rings. The van der Waals surface area contributed by atoms with Gasteiger partial charge in [0.05, 0.1) is 18.4 Å². The van der Waals surface area contributed by atoms with Crippen LogP contribution in [0.25, 0.3) is 0 Å². The Kier molecular flexibility index (Phi) is 4.43. The van der Waals surface area contributed by atoms with Crippen molar-refractivity contribution >= 4 is 11.8 Å². The van der Waals surface area contributed by atoms with Gasteiger partial charge < -0.3 is 19.3 Å². The first-order chi connectivity index (χ1) is 10.3. The molecule has 21 heavy (non-hydrogen) atoms. The molecule has 0 bridgehead atoms. The highest BCUT2D eigenvalue weighted by molar-refractivity contribution is 5.93. The Hall–Kier alpha value is -1.56. The van der Waals surface area contributed by atoms with Gasteiger partial charge in [0.2, 0.25) is 0 Å². The summed E-state index contributed by atoms with van der Waals surface area (Å²) in [6.45, 7) is 3.75. The Morgan fingerprint density at radius 1 is 1.05 bits per heavy atom. The summed E-state index contributed by atoms with van der Waals surface area (Å²) < 4.78 is 10.7. The molecule has 3 aliphatic heterocycles. The maximum Gasteiger partial charge on any atom is 0.252 e. The lowest BCUT2D eigenvalue weighted by Gasteiger charge is -2.36. The summed E-state index contributed by atoms with van der Waals surface area (Å²) in [6, 6.07) is 0. The summed E-state index contributed by atoms with van der Waals surface area (Å²) in [5.74, 6) is 0.138. The second-order valence-electron chi connectivity index (χ2n) is 5.74. The van der Waals surface area contributed by atoms with Crippen LogP contribution in [0, 0.1) is 0 Å². The molecule has 0 aliphatic carbocycles. The number of piperazine rings is 1. The molecule has 0 saturated carbocycles. The molecule has 2 amide bonds. The van der Waals surface area contributed by atoms with Crippen LogP contribution < -0.4 is 0 Å². The van der Waals surface area contributed by atoms with Gasteiger partial charge in [0.15, 0.2) is 0 Å². The normalized spacial score (nSPS) is 26.3. The van der Waals surface area contributed by atoms with Crippen LogP contribution in [0.1, 0.15) is 25.7 Å². The highest BCUT2D eigenvalue weighted by Gasteiger charge is 2.32. The highest BCUT2D eigenvalue weighted by Crippen LogP contribution is 2.18. The fourth-order valence-corrected chi connectivity index (χ4v) is 3.03. The minimum absolute atomic E-state index is 0.0546. The monoisotopic (exact) mass is 294 g/mol. The largest absolute Gasteiger partial charge is 0.501 e. The Morgan fingerprint density at radius 3 is 2.43 bits per heavy atom. The maximum atomic E-state index is 12.3. The van der Waals surface area contributed by atoms with Crippen LogP contribution in [-0.4, -0.2) is 67.1 Å². The van der Waals surface area contributed by atoms with Crippen molar-refractivity contribution in [3.05, 3.63) is 11.8 Å². The lowest BCUT2D eigenvalue weighted by Crippen LogP contribution is -2.53. The molecule has 116 valence electrons. The molecule has 0 spiro atoms. The van der Waals surface area contributed by atoms with Crippen molar-refractivity contribution in [3.63, 3.8) is 0 Å². The van der Waals surface area contributed by atoms with Gasteiger partial charge in [0.1, 0.15) is 6.10 Å². The van der Waals surface area contributed by atoms with Gasteiger partial charge in [0.25, 0.3) is 11.8 Å². The van der Waals surface area contributed by atoms with Crippen molar-refractivity contribution in [2.24, 2.45) is 0 Å². The molecule has 0 aromatic rings. The molecule has 0 radical (unpaired) electrons. The molecule has 2 saturated heterocycles. The van der Waals surface area contributed by atoms with Crippen LogP contribution in [0.4, 0.5) is 0 Å². The summed E-state index contributed by atoms with van der Waals surface area (Å²) >= 11 is 0. The molecule has 0 aromatic carbocycles. The molecule has 0 unspecified atom stereocenters. The molecule has 3 heterocycles. The smallest absolute Gasteiger partial charge is 0.252 e. The van der Waals surface area contributed by atoms with Crippen molar-refractivity contribution in [3.8, 4) is 0 Å². The van der Waals surface area contributed by atoms with E-state index in [1.807, 2.05) is 9.80 Å². The number of hydrogen-bond donors (Lipinski definition) is 0. The molecule has 3 rings (SSSR count). The van der Waals surface area contributed by atoms with Crippen molar-refractivity contribution in [2.45, 2.75) is 31.8 Å². The number of carbonyl (C=O) groups excluding carboxylic acids is 2. The summed E-state index contributed by atoms with van der Waals surface area (Å²) in [5.41, 5.74) is 0.750. The van der Waals surface area contributed by atoms with E-state index in [9.17, 15) is 9.59 Å². The fourth-order valence-electron chi connectivity index (χ4n) is 3.03. The number of hydrogen-bond acceptors (Lipinski definition) is 4. The molecule has 0 N–H and O–H groups in total. The number of carbonyl (C=O) groups is 2. The minimum atomic E-state index is -0.262. The van der Waals surface area contributed by atoms with Gasteiger partial charge in [-0.3, -0.25) is 9.59 Å². The van der Waals surface area contributed by atoms with E-state index in [0.717, 1.165) is 31.3 Å². The Bertz CT molecular complexity index is 435. The van der Waals surface area contributed by atoms with Crippen LogP contribution in [0.3, 0.4) is 0 Å². The van der Waals surface area contributed by atoms with E-state index in [-0.39, 0.29) is 17.9 Å². The third-order valence-corrected chi connectivity index (χ3v) is 4.29. The number of rotatable bonds is 2. The Balaban J connectivity index is 1.51. The standard InChI is InChI=1S/C15H22N2O4/c18-14(12-3-1-9-20-11-12)16-5-7-17(8-6-16)15(19)13-4-2-10-21-13/h11,13H,1-10H2/t13-/m1/s1. The fraction of sp³-hybridized carbons (Fsp3) is 0.733. The van der Waals surface area contributed by atoms with Crippen LogP contribution in [0.2, 0.25) is 0 Å². The van der Waals surface area contributed by atoms with Crippen molar-refractivity contribution in [1.29, 1.82) is 0 Å². The lowest BCUT2D eigenvalue weighted by molar-refractivity contribution is -0.145. The molecule has 6 nitrogen and oxygen atoms in total. The number of nitrogens with zero attached hydrogens (tertiary/aromatic N) is 2. The maximum absolute atomic E-state index is 12.3. The predicted molar refractivity (Wildman–Crippen MR) is 75.4 cm³/mol. The van der Waals surface area contributed by atoms with Gasteiger partial charge in [-0.2, -0.15) is 0 Å². The lowest BCUT2D eigenvalue weighted by atomic mass is 10.1. The first-order valence-electron chi connectivity index (χ1n) is 7.76. The molecular formula is C15H22N2O4.